The molecule has 3 rings (SSSR count). The Labute approximate surface area is 150 Å². The fraction of sp³-hybridized carbons (Fsp3) is 0.500. The normalized spacial score (nSPS) is 20.8. The average molecular weight is 362 g/mol. The molecule has 1 atom stereocenters. The van der Waals surface area contributed by atoms with Gasteiger partial charge in [-0.1, -0.05) is 20.8 Å². The lowest BCUT2D eigenvalue weighted by Crippen LogP contribution is -2.35. The van der Waals surface area contributed by atoms with Crippen LogP contribution in [0, 0.1) is 5.41 Å². The molecule has 1 aliphatic rings. The number of oxazole rings is 1. The quantitative estimate of drug-likeness (QED) is 0.862. The van der Waals surface area contributed by atoms with Gasteiger partial charge < -0.3 is 14.8 Å². The molecule has 1 fully saturated rings. The number of hydrogen-bond acceptors (Lipinski definition) is 5. The smallest absolute Gasteiger partial charge is 0.311 e. The van der Waals surface area contributed by atoms with Gasteiger partial charge in [-0.05, 0) is 30.4 Å². The Kier molecular flexibility index (Phi) is 4.53. The summed E-state index contributed by atoms with van der Waals surface area (Å²) in [4.78, 5) is 28.4. The number of nitrogens with one attached hydrogen (secondary N) is 1. The molecule has 2 heterocycles. The number of carbonyl (C=O) groups is 2. The Morgan fingerprint density at radius 2 is 2.16 bits per heavy atom. The van der Waals surface area contributed by atoms with Crippen molar-refractivity contribution in [3.63, 3.8) is 0 Å². The van der Waals surface area contributed by atoms with E-state index in [1.165, 1.54) is 0 Å². The fourth-order valence-electron chi connectivity index (χ4n) is 2.83. The lowest BCUT2D eigenvalue weighted by atomic mass is 9.84. The number of amides is 1. The molecule has 1 amide bonds. The van der Waals surface area contributed by atoms with Gasteiger partial charge in [0.1, 0.15) is 5.52 Å². The topological polar surface area (TPSA) is 92.4 Å². The number of nitrogens with zero attached hydrogens (tertiary/aromatic N) is 1. The monoisotopic (exact) mass is 362 g/mol. The highest BCUT2D eigenvalue weighted by molar-refractivity contribution is 7.99. The van der Waals surface area contributed by atoms with E-state index in [1.54, 1.807) is 30.0 Å². The summed E-state index contributed by atoms with van der Waals surface area (Å²) in [6, 6.07) is 5.27. The number of aliphatic carboxylic acids is 1. The van der Waals surface area contributed by atoms with Gasteiger partial charge in [0.05, 0.1) is 5.41 Å². The van der Waals surface area contributed by atoms with Gasteiger partial charge in [-0.2, -0.15) is 11.8 Å². The minimum absolute atomic E-state index is 0.0145. The summed E-state index contributed by atoms with van der Waals surface area (Å²) in [6.07, 6.45) is 0.511. The summed E-state index contributed by atoms with van der Waals surface area (Å²) < 4.78 is 5.74. The van der Waals surface area contributed by atoms with Crippen molar-refractivity contribution in [3.8, 4) is 0 Å². The predicted octanol–water partition coefficient (Wildman–Crippen LogP) is 3.66. The lowest BCUT2D eigenvalue weighted by molar-refractivity contribution is -0.149. The van der Waals surface area contributed by atoms with Crippen LogP contribution in [0.25, 0.3) is 11.1 Å². The van der Waals surface area contributed by atoms with Crippen LogP contribution in [0.3, 0.4) is 0 Å². The Morgan fingerprint density at radius 1 is 1.40 bits per heavy atom. The van der Waals surface area contributed by atoms with Crippen molar-refractivity contribution in [2.24, 2.45) is 5.41 Å². The summed E-state index contributed by atoms with van der Waals surface area (Å²) in [5.74, 6) is 0.713. The second-order valence-corrected chi connectivity index (χ2v) is 8.67. The maximum absolute atomic E-state index is 12.4. The zero-order chi connectivity index (χ0) is 18.2. The third kappa shape index (κ3) is 3.66. The number of anilines is 1. The number of thioether (sulfide) groups is 1. The van der Waals surface area contributed by atoms with Gasteiger partial charge in [-0.15, -0.1) is 0 Å². The summed E-state index contributed by atoms with van der Waals surface area (Å²) in [7, 11) is 0. The fourth-order valence-corrected chi connectivity index (χ4v) is 4.27. The molecular weight excluding hydrogens is 340 g/mol. The van der Waals surface area contributed by atoms with Crippen LogP contribution in [0.15, 0.2) is 22.6 Å². The number of carbonyl (C=O) groups excluding carboxylic acids is 1. The molecule has 1 saturated heterocycles. The van der Waals surface area contributed by atoms with Crippen molar-refractivity contribution < 1.29 is 19.1 Å². The molecule has 0 spiro atoms. The molecule has 134 valence electrons. The van der Waals surface area contributed by atoms with Gasteiger partial charge in [0.15, 0.2) is 5.58 Å². The third-order valence-corrected chi connectivity index (χ3v) is 5.62. The number of carboxylic acid groups (broad SMARTS) is 1. The van der Waals surface area contributed by atoms with Gasteiger partial charge in [-0.25, -0.2) is 4.98 Å². The van der Waals surface area contributed by atoms with E-state index in [0.29, 0.717) is 34.9 Å². The third-order valence-electron chi connectivity index (χ3n) is 4.37. The van der Waals surface area contributed by atoms with E-state index in [4.69, 9.17) is 4.42 Å². The lowest BCUT2D eigenvalue weighted by Gasteiger charge is -2.22. The molecule has 6 nitrogen and oxygen atoms in total. The van der Waals surface area contributed by atoms with E-state index in [0.717, 1.165) is 5.75 Å². The van der Waals surface area contributed by atoms with Crippen molar-refractivity contribution in [3.05, 3.63) is 24.1 Å². The number of carboxylic acids is 1. The molecule has 0 aliphatic carbocycles. The molecular formula is C18H22N2O4S. The van der Waals surface area contributed by atoms with Crippen LogP contribution in [0.1, 0.15) is 39.5 Å². The predicted molar refractivity (Wildman–Crippen MR) is 98.0 cm³/mol. The van der Waals surface area contributed by atoms with Crippen molar-refractivity contribution >= 4 is 40.4 Å². The van der Waals surface area contributed by atoms with E-state index >= 15 is 0 Å². The van der Waals surface area contributed by atoms with Crippen LogP contribution in [-0.4, -0.2) is 33.5 Å². The summed E-state index contributed by atoms with van der Waals surface area (Å²) in [5.41, 5.74) is 0.782. The maximum atomic E-state index is 12.4. The molecule has 25 heavy (non-hydrogen) atoms. The van der Waals surface area contributed by atoms with Crippen LogP contribution in [0.2, 0.25) is 0 Å². The van der Waals surface area contributed by atoms with Crippen LogP contribution in [-0.2, 0) is 15.0 Å². The number of hydrogen-bond donors (Lipinski definition) is 2. The maximum Gasteiger partial charge on any atom is 0.311 e. The van der Waals surface area contributed by atoms with Gasteiger partial charge >= 0.3 is 5.97 Å². The first-order valence-corrected chi connectivity index (χ1v) is 9.37. The van der Waals surface area contributed by atoms with Crippen LogP contribution in [0.4, 0.5) is 5.69 Å². The van der Waals surface area contributed by atoms with Crippen LogP contribution in [0.5, 0.6) is 0 Å². The molecule has 1 aliphatic heterocycles. The summed E-state index contributed by atoms with van der Waals surface area (Å²) >= 11 is 1.58. The van der Waals surface area contributed by atoms with Crippen molar-refractivity contribution in [2.45, 2.75) is 39.0 Å². The molecule has 7 heteroatoms. The number of benzene rings is 1. The standard InChI is InChI=1S/C18H22N2O4S/c1-17(2,3)15-20-12-8-11(4-5-13(12)24-15)19-14(21)9-18(16(22)23)6-7-25-10-18/h4-5,8H,6-7,9-10H2,1-3H3,(H,19,21)(H,22,23). The molecule has 2 N–H and O–H groups in total. The first kappa shape index (κ1) is 17.8. The molecule has 0 radical (unpaired) electrons. The Morgan fingerprint density at radius 3 is 2.76 bits per heavy atom. The van der Waals surface area contributed by atoms with Gasteiger partial charge in [-0.3, -0.25) is 9.59 Å². The van der Waals surface area contributed by atoms with Crippen LogP contribution < -0.4 is 5.32 Å². The zero-order valence-corrected chi connectivity index (χ0v) is 15.4. The van der Waals surface area contributed by atoms with Gasteiger partial charge in [0.25, 0.3) is 0 Å². The second kappa shape index (κ2) is 6.37. The molecule has 0 saturated carbocycles. The first-order valence-electron chi connectivity index (χ1n) is 8.22. The Hall–Kier alpha value is -2.02. The Bertz CT molecular complexity index is 816. The number of rotatable bonds is 4. The van der Waals surface area contributed by atoms with Gasteiger partial charge in [0, 0.05) is 23.3 Å². The molecule has 1 aromatic heterocycles. The van der Waals surface area contributed by atoms with E-state index in [9.17, 15) is 14.7 Å². The van der Waals surface area contributed by atoms with Crippen molar-refractivity contribution in [1.29, 1.82) is 0 Å². The van der Waals surface area contributed by atoms with Crippen LogP contribution >= 0.6 is 11.8 Å². The Balaban J connectivity index is 1.76. The highest BCUT2D eigenvalue weighted by Crippen LogP contribution is 2.39. The van der Waals surface area contributed by atoms with Gasteiger partial charge in [0.2, 0.25) is 11.8 Å². The second-order valence-electron chi connectivity index (χ2n) is 7.56. The minimum atomic E-state index is -0.952. The number of aromatic nitrogens is 1. The highest BCUT2D eigenvalue weighted by Gasteiger charge is 2.43. The summed E-state index contributed by atoms with van der Waals surface area (Å²) in [5, 5.41) is 12.3. The molecule has 1 unspecified atom stereocenters. The van der Waals surface area contributed by atoms with Crippen molar-refractivity contribution in [2.75, 3.05) is 16.8 Å². The average Bonchev–Trinajstić information content (AvgIpc) is 3.13. The minimum Gasteiger partial charge on any atom is -0.481 e. The van der Waals surface area contributed by atoms with Crippen molar-refractivity contribution in [1.82, 2.24) is 4.98 Å². The zero-order valence-electron chi connectivity index (χ0n) is 14.6. The van der Waals surface area contributed by atoms with E-state index in [1.807, 2.05) is 20.8 Å². The largest absolute Gasteiger partial charge is 0.481 e. The molecule has 0 bridgehead atoms. The van der Waals surface area contributed by atoms with E-state index in [-0.39, 0.29) is 17.7 Å². The van der Waals surface area contributed by atoms with E-state index < -0.39 is 11.4 Å². The first-order chi connectivity index (χ1) is 11.7. The number of fused-ring (bicyclic) bond motifs is 1. The van der Waals surface area contributed by atoms with E-state index in [2.05, 4.69) is 10.3 Å². The SMILES string of the molecule is CC(C)(C)c1nc2cc(NC(=O)CC3(C(=O)O)CCSC3)ccc2o1. The summed E-state index contributed by atoms with van der Waals surface area (Å²) in [6.45, 7) is 6.06. The highest BCUT2D eigenvalue weighted by atomic mass is 32.2. The molecule has 1 aromatic carbocycles. The molecule has 2 aromatic rings.